The zero-order chi connectivity index (χ0) is 20.2. The Kier molecular flexibility index (Phi) is 6.56. The molecule has 5 nitrogen and oxygen atoms in total. The highest BCUT2D eigenvalue weighted by molar-refractivity contribution is 6.33. The van der Waals surface area contributed by atoms with E-state index in [0.717, 1.165) is 38.4 Å². The molecule has 1 aromatic carbocycles. The van der Waals surface area contributed by atoms with Gasteiger partial charge in [-0.2, -0.15) is 5.10 Å². The van der Waals surface area contributed by atoms with E-state index >= 15 is 0 Å². The summed E-state index contributed by atoms with van der Waals surface area (Å²) in [5, 5.41) is 7.62. The van der Waals surface area contributed by atoms with Crippen molar-refractivity contribution in [3.05, 3.63) is 52.8 Å². The van der Waals surface area contributed by atoms with Crippen LogP contribution in [0.1, 0.15) is 60.5 Å². The van der Waals surface area contributed by atoms with Crippen molar-refractivity contribution in [3.8, 4) is 0 Å². The highest BCUT2D eigenvalue weighted by atomic mass is 35.5. The van der Waals surface area contributed by atoms with Crippen LogP contribution in [0.2, 0.25) is 5.02 Å². The molecule has 156 valence electrons. The SMILES string of the molecule is Cn1ncc(Cl)c1C(=O)NC1CCN(CC(c2ccccc2)C2CCCC2)CC1. The molecule has 2 fully saturated rings. The summed E-state index contributed by atoms with van der Waals surface area (Å²) in [5.41, 5.74) is 1.93. The Morgan fingerprint density at radius 1 is 1.17 bits per heavy atom. The highest BCUT2D eigenvalue weighted by Crippen LogP contribution is 2.38. The Hall–Kier alpha value is -1.85. The number of rotatable bonds is 6. The minimum Gasteiger partial charge on any atom is -0.348 e. The van der Waals surface area contributed by atoms with E-state index in [1.165, 1.54) is 37.4 Å². The number of likely N-dealkylation sites (tertiary alicyclic amines) is 1. The van der Waals surface area contributed by atoms with Crippen molar-refractivity contribution < 1.29 is 4.79 Å². The number of carbonyl (C=O) groups excluding carboxylic acids is 1. The third kappa shape index (κ3) is 4.84. The maximum atomic E-state index is 12.6. The first-order valence-electron chi connectivity index (χ1n) is 10.9. The van der Waals surface area contributed by atoms with Gasteiger partial charge in [0.2, 0.25) is 0 Å². The normalized spacial score (nSPS) is 20.1. The van der Waals surface area contributed by atoms with Crippen molar-refractivity contribution in [1.82, 2.24) is 20.0 Å². The number of aromatic nitrogens is 2. The Bertz CT molecular complexity index is 788. The van der Waals surface area contributed by atoms with Gasteiger partial charge in [-0.15, -0.1) is 0 Å². The molecule has 1 aromatic heterocycles. The standard InChI is InChI=1S/C23H31ClN4O/c1-27-22(21(24)15-25-27)23(29)26-19-11-13-28(14-12-19)16-20(18-9-5-6-10-18)17-7-3-2-4-8-17/h2-4,7-8,15,18-20H,5-6,9-14,16H2,1H3,(H,26,29). The minimum absolute atomic E-state index is 0.124. The van der Waals surface area contributed by atoms with Gasteiger partial charge >= 0.3 is 0 Å². The van der Waals surface area contributed by atoms with Crippen molar-refractivity contribution in [1.29, 1.82) is 0 Å². The summed E-state index contributed by atoms with van der Waals surface area (Å²) < 4.78 is 1.54. The van der Waals surface area contributed by atoms with E-state index in [0.29, 0.717) is 16.6 Å². The van der Waals surface area contributed by atoms with E-state index in [9.17, 15) is 4.79 Å². The van der Waals surface area contributed by atoms with Gasteiger partial charge < -0.3 is 10.2 Å². The topological polar surface area (TPSA) is 50.2 Å². The number of halogens is 1. The molecule has 6 heteroatoms. The predicted octanol–water partition coefficient (Wildman–Crippen LogP) is 4.24. The largest absolute Gasteiger partial charge is 0.348 e. The molecule has 4 rings (SSSR count). The van der Waals surface area contributed by atoms with Gasteiger partial charge in [0.25, 0.3) is 5.91 Å². The van der Waals surface area contributed by atoms with E-state index in [1.54, 1.807) is 11.7 Å². The van der Waals surface area contributed by atoms with E-state index in [-0.39, 0.29) is 11.9 Å². The van der Waals surface area contributed by atoms with Crippen LogP contribution in [0.15, 0.2) is 36.5 Å². The molecule has 1 saturated carbocycles. The van der Waals surface area contributed by atoms with Crippen LogP contribution in [0.3, 0.4) is 0 Å². The first kappa shape index (κ1) is 20.4. The Morgan fingerprint density at radius 3 is 2.48 bits per heavy atom. The summed E-state index contributed by atoms with van der Waals surface area (Å²) in [6, 6.07) is 11.2. The molecular formula is C23H31ClN4O. The molecule has 1 atom stereocenters. The fourth-order valence-corrected chi connectivity index (χ4v) is 5.30. The Balaban J connectivity index is 1.33. The molecule has 0 radical (unpaired) electrons. The van der Waals surface area contributed by atoms with Crippen molar-refractivity contribution in [2.45, 2.75) is 50.5 Å². The first-order chi connectivity index (χ1) is 14.1. The van der Waals surface area contributed by atoms with Crippen LogP contribution >= 0.6 is 11.6 Å². The van der Waals surface area contributed by atoms with Crippen LogP contribution in [0.5, 0.6) is 0 Å². The summed E-state index contributed by atoms with van der Waals surface area (Å²) in [7, 11) is 1.75. The van der Waals surface area contributed by atoms with Crippen LogP contribution in [0.25, 0.3) is 0 Å². The van der Waals surface area contributed by atoms with E-state index in [4.69, 9.17) is 11.6 Å². The quantitative estimate of drug-likeness (QED) is 0.769. The smallest absolute Gasteiger partial charge is 0.271 e. The molecule has 0 spiro atoms. The van der Waals surface area contributed by atoms with Crippen LogP contribution in [-0.2, 0) is 7.05 Å². The van der Waals surface area contributed by atoms with Gasteiger partial charge in [-0.05, 0) is 43.1 Å². The molecule has 1 unspecified atom stereocenters. The van der Waals surface area contributed by atoms with Gasteiger partial charge in [-0.3, -0.25) is 9.48 Å². The Labute approximate surface area is 178 Å². The summed E-state index contributed by atoms with van der Waals surface area (Å²) in [4.78, 5) is 15.2. The number of carbonyl (C=O) groups is 1. The lowest BCUT2D eigenvalue weighted by Crippen LogP contribution is -2.46. The number of amides is 1. The van der Waals surface area contributed by atoms with Crippen LogP contribution in [-0.4, -0.2) is 46.3 Å². The van der Waals surface area contributed by atoms with Crippen LogP contribution < -0.4 is 5.32 Å². The van der Waals surface area contributed by atoms with Gasteiger partial charge in [0.1, 0.15) is 5.69 Å². The van der Waals surface area contributed by atoms with Crippen molar-refractivity contribution >= 4 is 17.5 Å². The maximum absolute atomic E-state index is 12.6. The van der Waals surface area contributed by atoms with E-state index in [2.05, 4.69) is 45.6 Å². The van der Waals surface area contributed by atoms with Gasteiger partial charge in [-0.25, -0.2) is 0 Å². The first-order valence-corrected chi connectivity index (χ1v) is 11.3. The lowest BCUT2D eigenvalue weighted by Gasteiger charge is -2.36. The molecule has 2 aromatic rings. The van der Waals surface area contributed by atoms with Gasteiger partial charge in [0.15, 0.2) is 0 Å². The molecule has 2 aliphatic rings. The van der Waals surface area contributed by atoms with Gasteiger partial charge in [-0.1, -0.05) is 54.8 Å². The van der Waals surface area contributed by atoms with Crippen molar-refractivity contribution in [2.75, 3.05) is 19.6 Å². The fourth-order valence-electron chi connectivity index (χ4n) is 5.04. The fraction of sp³-hybridized carbons (Fsp3) is 0.565. The number of hydrogen-bond donors (Lipinski definition) is 1. The average Bonchev–Trinajstić information content (AvgIpc) is 3.38. The number of aryl methyl sites for hydroxylation is 1. The number of nitrogens with one attached hydrogen (secondary N) is 1. The molecule has 1 amide bonds. The number of benzene rings is 1. The maximum Gasteiger partial charge on any atom is 0.271 e. The summed E-state index contributed by atoms with van der Waals surface area (Å²) in [5.74, 6) is 1.31. The van der Waals surface area contributed by atoms with E-state index in [1.807, 2.05) is 0 Å². The summed E-state index contributed by atoms with van der Waals surface area (Å²) >= 11 is 6.11. The monoisotopic (exact) mass is 414 g/mol. The molecule has 1 aliphatic carbocycles. The third-order valence-electron chi connectivity index (χ3n) is 6.68. The molecule has 1 aliphatic heterocycles. The number of nitrogens with zero attached hydrogens (tertiary/aromatic N) is 3. The zero-order valence-electron chi connectivity index (χ0n) is 17.2. The van der Waals surface area contributed by atoms with Crippen molar-refractivity contribution in [3.63, 3.8) is 0 Å². The van der Waals surface area contributed by atoms with Crippen LogP contribution in [0.4, 0.5) is 0 Å². The number of hydrogen-bond acceptors (Lipinski definition) is 3. The zero-order valence-corrected chi connectivity index (χ0v) is 17.9. The molecule has 2 heterocycles. The average molecular weight is 415 g/mol. The molecule has 0 bridgehead atoms. The second kappa shape index (κ2) is 9.31. The summed E-state index contributed by atoms with van der Waals surface area (Å²) in [6.07, 6.45) is 8.94. The number of piperidine rings is 1. The Morgan fingerprint density at radius 2 is 1.86 bits per heavy atom. The molecule has 1 N–H and O–H groups in total. The minimum atomic E-state index is -0.124. The second-order valence-corrected chi connectivity index (χ2v) is 8.98. The van der Waals surface area contributed by atoms with Crippen LogP contribution in [0, 0.1) is 5.92 Å². The van der Waals surface area contributed by atoms with Crippen molar-refractivity contribution in [2.24, 2.45) is 13.0 Å². The highest BCUT2D eigenvalue weighted by Gasteiger charge is 2.30. The lowest BCUT2D eigenvalue weighted by atomic mass is 9.84. The van der Waals surface area contributed by atoms with E-state index < -0.39 is 0 Å². The van der Waals surface area contributed by atoms with Gasteiger partial charge in [0.05, 0.1) is 11.2 Å². The second-order valence-electron chi connectivity index (χ2n) is 8.57. The predicted molar refractivity (Wildman–Crippen MR) is 116 cm³/mol. The molecule has 29 heavy (non-hydrogen) atoms. The molecular weight excluding hydrogens is 384 g/mol. The lowest BCUT2D eigenvalue weighted by molar-refractivity contribution is 0.0897. The third-order valence-corrected chi connectivity index (χ3v) is 6.96. The van der Waals surface area contributed by atoms with Gasteiger partial charge in [0, 0.05) is 32.7 Å². The summed E-state index contributed by atoms with van der Waals surface area (Å²) in [6.45, 7) is 3.18. The molecule has 1 saturated heterocycles.